The molecule has 0 bridgehead atoms. The number of hydrogen-bond acceptors (Lipinski definition) is 5. The maximum absolute atomic E-state index is 11.7. The molecule has 0 unspecified atom stereocenters. The van der Waals surface area contributed by atoms with Crippen LogP contribution in [0.3, 0.4) is 0 Å². The van der Waals surface area contributed by atoms with Gasteiger partial charge < -0.3 is 16.0 Å². The van der Waals surface area contributed by atoms with Crippen molar-refractivity contribution in [3.8, 4) is 22.8 Å². The highest BCUT2D eigenvalue weighted by Crippen LogP contribution is 2.29. The van der Waals surface area contributed by atoms with Crippen LogP contribution in [-0.2, 0) is 4.79 Å². The van der Waals surface area contributed by atoms with Crippen LogP contribution in [0.1, 0.15) is 11.3 Å². The average Bonchev–Trinajstić information content (AvgIpc) is 3.56. The maximum atomic E-state index is 11.7. The molecule has 5 rings (SSSR count). The molecule has 35 heavy (non-hydrogen) atoms. The first kappa shape index (κ1) is 22.2. The normalized spacial score (nSPS) is 11.4. The minimum Gasteiger partial charge on any atom is -0.398 e. The third-order valence-corrected chi connectivity index (χ3v) is 5.65. The molecule has 3 aromatic carbocycles. The Morgan fingerprint density at radius 2 is 1.77 bits per heavy atom. The Kier molecular flexibility index (Phi) is 6.15. The Balaban J connectivity index is 1.36. The summed E-state index contributed by atoms with van der Waals surface area (Å²) in [5.41, 5.74) is 12.1. The summed E-state index contributed by atoms with van der Waals surface area (Å²) < 4.78 is 0. The van der Waals surface area contributed by atoms with Crippen LogP contribution in [0.25, 0.3) is 34.4 Å². The average molecular weight is 481 g/mol. The van der Waals surface area contributed by atoms with Crippen LogP contribution in [-0.4, -0.2) is 26.5 Å². The van der Waals surface area contributed by atoms with Crippen molar-refractivity contribution in [2.45, 2.75) is 0 Å². The van der Waals surface area contributed by atoms with Gasteiger partial charge in [-0.1, -0.05) is 41.9 Å². The quantitative estimate of drug-likeness (QED) is 0.126. The number of aldehydes is 1. The van der Waals surface area contributed by atoms with E-state index in [9.17, 15) is 4.79 Å². The lowest BCUT2D eigenvalue weighted by atomic mass is 10.0. The van der Waals surface area contributed by atoms with E-state index in [0.29, 0.717) is 33.5 Å². The molecule has 0 fully saturated rings. The van der Waals surface area contributed by atoms with Gasteiger partial charge in [-0.15, -0.1) is 0 Å². The molecular formula is C27H21ClN6O. The minimum atomic E-state index is 0.498. The summed E-state index contributed by atoms with van der Waals surface area (Å²) in [6, 6.07) is 24.5. The van der Waals surface area contributed by atoms with Crippen LogP contribution in [0.4, 0.5) is 17.1 Å². The highest BCUT2D eigenvalue weighted by Gasteiger charge is 2.10. The summed E-state index contributed by atoms with van der Waals surface area (Å²) in [5, 5.41) is 11.3. The van der Waals surface area contributed by atoms with Crippen molar-refractivity contribution in [3.63, 3.8) is 0 Å². The number of carbonyl (C=O) groups is 1. The summed E-state index contributed by atoms with van der Waals surface area (Å²) in [4.78, 5) is 19.3. The van der Waals surface area contributed by atoms with Crippen molar-refractivity contribution < 1.29 is 4.79 Å². The summed E-state index contributed by atoms with van der Waals surface area (Å²) in [5.74, 6) is 1.21. The number of H-pyrrole nitrogens is 2. The van der Waals surface area contributed by atoms with Crippen LogP contribution in [0, 0.1) is 0 Å². The molecule has 172 valence electrons. The lowest BCUT2D eigenvalue weighted by molar-refractivity contribution is -0.103. The molecule has 0 saturated heterocycles. The first-order chi connectivity index (χ1) is 17.1. The number of rotatable bonds is 7. The number of allylic oxidation sites excluding steroid dienone is 1. The molecule has 0 atom stereocenters. The summed E-state index contributed by atoms with van der Waals surface area (Å²) >= 11 is 6.09. The van der Waals surface area contributed by atoms with E-state index in [2.05, 4.69) is 25.5 Å². The fourth-order valence-corrected chi connectivity index (χ4v) is 3.93. The molecule has 0 amide bonds. The van der Waals surface area contributed by atoms with E-state index in [1.807, 2.05) is 72.8 Å². The standard InChI is InChI=1S/C27H21ClN6O/c28-20-6-1-4-17(12-20)26-32-27(34-33-26)18-5-2-7-22(13-18)31-23-9-10-24(25(29)15-23)19(16-35)14-21-8-3-11-30-21/h1-16,30-31H,29H2,(H,32,33,34)/b19-14+. The molecule has 0 aliphatic heterocycles. The van der Waals surface area contributed by atoms with Gasteiger partial charge >= 0.3 is 0 Å². The van der Waals surface area contributed by atoms with Gasteiger partial charge in [-0.2, -0.15) is 5.10 Å². The first-order valence-electron chi connectivity index (χ1n) is 10.8. The van der Waals surface area contributed by atoms with Crippen molar-refractivity contribution in [3.05, 3.63) is 101 Å². The van der Waals surface area contributed by atoms with E-state index in [1.54, 1.807) is 18.3 Å². The molecule has 0 spiro atoms. The summed E-state index contributed by atoms with van der Waals surface area (Å²) in [7, 11) is 0. The number of nitrogens with zero attached hydrogens (tertiary/aromatic N) is 2. The highest BCUT2D eigenvalue weighted by atomic mass is 35.5. The van der Waals surface area contributed by atoms with Crippen molar-refractivity contribution in [2.24, 2.45) is 0 Å². The third kappa shape index (κ3) is 5.00. The lowest BCUT2D eigenvalue weighted by Gasteiger charge is -2.11. The van der Waals surface area contributed by atoms with Crippen LogP contribution >= 0.6 is 11.6 Å². The molecular weight excluding hydrogens is 460 g/mol. The third-order valence-electron chi connectivity index (χ3n) is 5.42. The number of nitrogen functional groups attached to an aromatic ring is 1. The van der Waals surface area contributed by atoms with E-state index < -0.39 is 0 Å². The van der Waals surface area contributed by atoms with E-state index in [1.165, 1.54) is 0 Å². The van der Waals surface area contributed by atoms with Gasteiger partial charge in [0.05, 0.1) is 0 Å². The molecule has 5 N–H and O–H groups in total. The Morgan fingerprint density at radius 1 is 0.943 bits per heavy atom. The van der Waals surface area contributed by atoms with Crippen molar-refractivity contribution in [1.29, 1.82) is 0 Å². The molecule has 0 radical (unpaired) electrons. The lowest BCUT2D eigenvalue weighted by Crippen LogP contribution is -1.98. The van der Waals surface area contributed by atoms with Gasteiger partial charge in [-0.3, -0.25) is 9.89 Å². The number of halogens is 1. The molecule has 2 heterocycles. The van der Waals surface area contributed by atoms with Gasteiger partial charge in [0.15, 0.2) is 17.9 Å². The second kappa shape index (κ2) is 9.70. The number of aromatic nitrogens is 4. The Hall–Kier alpha value is -4.62. The monoisotopic (exact) mass is 480 g/mol. The largest absolute Gasteiger partial charge is 0.398 e. The first-order valence-corrected chi connectivity index (χ1v) is 11.2. The molecule has 7 nitrogen and oxygen atoms in total. The molecule has 0 saturated carbocycles. The molecule has 0 aliphatic carbocycles. The van der Waals surface area contributed by atoms with Crippen LogP contribution in [0.15, 0.2) is 85.1 Å². The van der Waals surface area contributed by atoms with E-state index in [0.717, 1.165) is 34.5 Å². The second-order valence-electron chi connectivity index (χ2n) is 7.87. The van der Waals surface area contributed by atoms with Gasteiger partial charge in [-0.05, 0) is 54.6 Å². The number of benzene rings is 3. The number of carbonyl (C=O) groups excluding carboxylic acids is 1. The second-order valence-corrected chi connectivity index (χ2v) is 8.31. The van der Waals surface area contributed by atoms with Crippen LogP contribution in [0.5, 0.6) is 0 Å². The number of anilines is 3. The van der Waals surface area contributed by atoms with E-state index in [-0.39, 0.29) is 0 Å². The predicted molar refractivity (Wildman–Crippen MR) is 141 cm³/mol. The van der Waals surface area contributed by atoms with Gasteiger partial charge in [0, 0.05) is 56.2 Å². The van der Waals surface area contributed by atoms with E-state index in [4.69, 9.17) is 17.3 Å². The van der Waals surface area contributed by atoms with Crippen LogP contribution in [0.2, 0.25) is 5.02 Å². The van der Waals surface area contributed by atoms with Gasteiger partial charge in [0.25, 0.3) is 0 Å². The zero-order valence-corrected chi connectivity index (χ0v) is 19.3. The smallest absolute Gasteiger partial charge is 0.181 e. The fourth-order valence-electron chi connectivity index (χ4n) is 3.74. The topological polar surface area (TPSA) is 112 Å². The van der Waals surface area contributed by atoms with Crippen molar-refractivity contribution in [1.82, 2.24) is 20.2 Å². The molecule has 8 heteroatoms. The Morgan fingerprint density at radius 3 is 2.54 bits per heavy atom. The van der Waals surface area contributed by atoms with Gasteiger partial charge in [0.1, 0.15) is 0 Å². The summed E-state index contributed by atoms with van der Waals surface area (Å²) in [6.07, 6.45) is 4.37. The minimum absolute atomic E-state index is 0.498. The molecule has 2 aromatic heterocycles. The van der Waals surface area contributed by atoms with Gasteiger partial charge in [-0.25, -0.2) is 4.98 Å². The predicted octanol–water partition coefficient (Wildman–Crippen LogP) is 6.19. The van der Waals surface area contributed by atoms with Crippen molar-refractivity contribution in [2.75, 3.05) is 11.1 Å². The van der Waals surface area contributed by atoms with E-state index >= 15 is 0 Å². The Labute approximate surface area is 206 Å². The number of nitrogens with one attached hydrogen (secondary N) is 3. The number of hydrogen-bond donors (Lipinski definition) is 4. The van der Waals surface area contributed by atoms with Crippen molar-refractivity contribution >= 4 is 46.6 Å². The fraction of sp³-hybridized carbons (Fsp3) is 0. The molecule has 0 aliphatic rings. The zero-order valence-electron chi connectivity index (χ0n) is 18.5. The number of aromatic amines is 2. The highest BCUT2D eigenvalue weighted by molar-refractivity contribution is 6.30. The van der Waals surface area contributed by atoms with Crippen LogP contribution < -0.4 is 11.1 Å². The van der Waals surface area contributed by atoms with Gasteiger partial charge in [0.2, 0.25) is 0 Å². The zero-order chi connectivity index (χ0) is 24.2. The Bertz CT molecular complexity index is 1520. The summed E-state index contributed by atoms with van der Waals surface area (Å²) in [6.45, 7) is 0. The maximum Gasteiger partial charge on any atom is 0.181 e. The number of nitrogens with two attached hydrogens (primary N) is 1. The SMILES string of the molecule is Nc1cc(Nc2cccc(-c3nc(-c4cccc(Cl)c4)n[nH]3)c2)ccc1/C(C=O)=C/c1ccc[nH]1. The molecule has 5 aromatic rings.